The Kier molecular flexibility index (Phi) is 12.0. The molecule has 0 spiro atoms. The third kappa shape index (κ3) is 10.1. The van der Waals surface area contributed by atoms with Gasteiger partial charge < -0.3 is 28.9 Å². The molecule has 0 aliphatic heterocycles. The van der Waals surface area contributed by atoms with Gasteiger partial charge in [0.15, 0.2) is 0 Å². The van der Waals surface area contributed by atoms with Crippen LogP contribution in [-0.4, -0.2) is 59.3 Å². The number of nitrogens with one attached hydrogen (secondary N) is 2. The van der Waals surface area contributed by atoms with Crippen LogP contribution < -0.4 is 0 Å². The predicted octanol–water partition coefficient (Wildman–Crippen LogP) is 5.65. The second-order valence-electron chi connectivity index (χ2n) is 12.5. The minimum atomic E-state index is -0.654. The van der Waals surface area contributed by atoms with E-state index in [1.54, 1.807) is 0 Å². The van der Waals surface area contributed by atoms with Crippen molar-refractivity contribution in [1.29, 1.82) is 0 Å². The van der Waals surface area contributed by atoms with Crippen LogP contribution in [0.5, 0.6) is 0 Å². The molecular formula is C32H48N2O8. The SMILES string of the molecule is COC(=O)CCCc1c(CCc2[nH]c(C(=O)OC(C)(C)C)c(C)c2CCCC(=O)OC)[nH]c(C(=O)OC(C)(C)C)c1C. The summed E-state index contributed by atoms with van der Waals surface area (Å²) in [5, 5.41) is 0. The zero-order chi connectivity index (χ0) is 31.8. The minimum absolute atomic E-state index is 0.266. The Labute approximate surface area is 249 Å². The first-order valence-corrected chi connectivity index (χ1v) is 14.5. The number of esters is 4. The highest BCUT2D eigenvalue weighted by Crippen LogP contribution is 2.28. The van der Waals surface area contributed by atoms with Gasteiger partial charge >= 0.3 is 23.9 Å². The Morgan fingerprint density at radius 1 is 0.595 bits per heavy atom. The average Bonchev–Trinajstić information content (AvgIpc) is 3.36. The molecule has 10 heteroatoms. The van der Waals surface area contributed by atoms with Gasteiger partial charge in [0, 0.05) is 24.2 Å². The van der Waals surface area contributed by atoms with E-state index in [4.69, 9.17) is 18.9 Å². The van der Waals surface area contributed by atoms with Crippen molar-refractivity contribution in [2.24, 2.45) is 0 Å². The molecule has 234 valence electrons. The maximum absolute atomic E-state index is 13.0. The van der Waals surface area contributed by atoms with E-state index in [0.717, 1.165) is 33.6 Å². The Morgan fingerprint density at radius 3 is 1.21 bits per heavy atom. The topological polar surface area (TPSA) is 137 Å². The zero-order valence-corrected chi connectivity index (χ0v) is 26.9. The maximum atomic E-state index is 13.0. The number of aromatic nitrogens is 2. The number of carbonyl (C=O) groups excluding carboxylic acids is 4. The van der Waals surface area contributed by atoms with Gasteiger partial charge in [-0.2, -0.15) is 0 Å². The molecule has 2 N–H and O–H groups in total. The Morgan fingerprint density at radius 2 is 0.929 bits per heavy atom. The van der Waals surface area contributed by atoms with Gasteiger partial charge in [-0.25, -0.2) is 9.59 Å². The van der Waals surface area contributed by atoms with Crippen LogP contribution in [0.4, 0.5) is 0 Å². The second kappa shape index (κ2) is 14.6. The number of hydrogen-bond acceptors (Lipinski definition) is 8. The largest absolute Gasteiger partial charge is 0.469 e. The predicted molar refractivity (Wildman–Crippen MR) is 159 cm³/mol. The molecule has 0 saturated carbocycles. The van der Waals surface area contributed by atoms with Crippen LogP contribution in [0.2, 0.25) is 0 Å². The molecular weight excluding hydrogens is 540 g/mol. The highest BCUT2D eigenvalue weighted by molar-refractivity contribution is 5.91. The average molecular weight is 589 g/mol. The second-order valence-corrected chi connectivity index (χ2v) is 12.5. The lowest BCUT2D eigenvalue weighted by atomic mass is 9.98. The summed E-state index contributed by atoms with van der Waals surface area (Å²) >= 11 is 0. The minimum Gasteiger partial charge on any atom is -0.469 e. The fraction of sp³-hybridized carbons (Fsp3) is 0.625. The third-order valence-electron chi connectivity index (χ3n) is 6.84. The van der Waals surface area contributed by atoms with Crippen LogP contribution in [0.3, 0.4) is 0 Å². The van der Waals surface area contributed by atoms with Gasteiger partial charge in [-0.3, -0.25) is 9.59 Å². The molecule has 0 unspecified atom stereocenters. The number of rotatable bonds is 13. The fourth-order valence-electron chi connectivity index (χ4n) is 4.84. The van der Waals surface area contributed by atoms with Gasteiger partial charge in [0.25, 0.3) is 0 Å². The molecule has 0 radical (unpaired) electrons. The summed E-state index contributed by atoms with van der Waals surface area (Å²) in [7, 11) is 2.73. The molecule has 42 heavy (non-hydrogen) atoms. The van der Waals surface area contributed by atoms with Gasteiger partial charge in [-0.05, 0) is 116 Å². The molecule has 2 aromatic heterocycles. The van der Waals surface area contributed by atoms with E-state index in [2.05, 4.69) is 9.97 Å². The standard InChI is InChI=1S/C32H48N2O8/c1-19-21(13-11-15-25(35)39-9)23(33-27(19)29(37)41-31(3,4)5)17-18-24-22(14-12-16-26(36)40-10)20(2)28(34-24)30(38)42-32(6,7)8/h33-34H,11-18H2,1-10H3. The maximum Gasteiger partial charge on any atom is 0.355 e. The molecule has 0 aliphatic carbocycles. The van der Waals surface area contributed by atoms with Gasteiger partial charge in [-0.1, -0.05) is 0 Å². The Bertz CT molecular complexity index is 1170. The smallest absolute Gasteiger partial charge is 0.355 e. The Hall–Kier alpha value is -3.56. The van der Waals surface area contributed by atoms with E-state index in [-0.39, 0.29) is 24.8 Å². The number of carbonyl (C=O) groups is 4. The van der Waals surface area contributed by atoms with Gasteiger partial charge in [0.2, 0.25) is 0 Å². The molecule has 2 rings (SSSR count). The monoisotopic (exact) mass is 588 g/mol. The summed E-state index contributed by atoms with van der Waals surface area (Å²) in [6.45, 7) is 14.7. The highest BCUT2D eigenvalue weighted by Gasteiger charge is 2.27. The van der Waals surface area contributed by atoms with Gasteiger partial charge in [-0.15, -0.1) is 0 Å². The van der Waals surface area contributed by atoms with Crippen molar-refractivity contribution in [3.8, 4) is 0 Å². The van der Waals surface area contributed by atoms with E-state index in [0.29, 0.717) is 49.9 Å². The summed E-state index contributed by atoms with van der Waals surface area (Å²) in [6, 6.07) is 0. The molecule has 10 nitrogen and oxygen atoms in total. The van der Waals surface area contributed by atoms with Crippen LogP contribution in [0.15, 0.2) is 0 Å². The molecule has 0 fully saturated rings. The lowest BCUT2D eigenvalue weighted by Crippen LogP contribution is -2.24. The van der Waals surface area contributed by atoms with E-state index in [1.807, 2.05) is 55.4 Å². The van der Waals surface area contributed by atoms with Crippen LogP contribution in [0.1, 0.15) is 122 Å². The lowest BCUT2D eigenvalue weighted by molar-refractivity contribution is -0.141. The molecule has 0 aromatic carbocycles. The Balaban J connectivity index is 2.43. The molecule has 0 amide bonds. The third-order valence-corrected chi connectivity index (χ3v) is 6.84. The number of aryl methyl sites for hydroxylation is 2. The van der Waals surface area contributed by atoms with Crippen molar-refractivity contribution in [2.45, 2.75) is 118 Å². The van der Waals surface area contributed by atoms with Gasteiger partial charge in [0.05, 0.1) is 14.2 Å². The van der Waals surface area contributed by atoms with E-state index in [1.165, 1.54) is 14.2 Å². The normalized spacial score (nSPS) is 11.8. The van der Waals surface area contributed by atoms with Crippen LogP contribution in [0, 0.1) is 13.8 Å². The van der Waals surface area contributed by atoms with Crippen LogP contribution in [0.25, 0.3) is 0 Å². The van der Waals surface area contributed by atoms with E-state index in [9.17, 15) is 19.2 Å². The van der Waals surface area contributed by atoms with E-state index >= 15 is 0 Å². The molecule has 2 aromatic rings. The van der Waals surface area contributed by atoms with Crippen LogP contribution >= 0.6 is 0 Å². The summed E-state index contributed by atoms with van der Waals surface area (Å²) in [5.74, 6) is -1.45. The zero-order valence-electron chi connectivity index (χ0n) is 26.9. The van der Waals surface area contributed by atoms with Crippen molar-refractivity contribution < 1.29 is 38.1 Å². The number of aromatic amines is 2. The number of methoxy groups -OCH3 is 2. The fourth-order valence-corrected chi connectivity index (χ4v) is 4.84. The molecule has 0 aliphatic rings. The molecule has 0 saturated heterocycles. The summed E-state index contributed by atoms with van der Waals surface area (Å²) in [6.07, 6.45) is 3.89. The molecule has 0 atom stereocenters. The molecule has 0 bridgehead atoms. The highest BCUT2D eigenvalue weighted by atomic mass is 16.6. The van der Waals surface area contributed by atoms with Gasteiger partial charge in [0.1, 0.15) is 22.6 Å². The number of ether oxygens (including phenoxy) is 4. The quantitative estimate of drug-likeness (QED) is 0.226. The summed E-state index contributed by atoms with van der Waals surface area (Å²) in [5.41, 5.74) is 4.71. The van der Waals surface area contributed by atoms with Crippen molar-refractivity contribution >= 4 is 23.9 Å². The lowest BCUT2D eigenvalue weighted by Gasteiger charge is -2.19. The van der Waals surface area contributed by atoms with E-state index < -0.39 is 23.1 Å². The van der Waals surface area contributed by atoms with Crippen LogP contribution in [-0.2, 0) is 54.2 Å². The van der Waals surface area contributed by atoms with Crippen molar-refractivity contribution in [3.63, 3.8) is 0 Å². The number of hydrogen-bond donors (Lipinski definition) is 2. The summed E-state index contributed by atoms with van der Waals surface area (Å²) < 4.78 is 20.8. The van der Waals surface area contributed by atoms with Crippen molar-refractivity contribution in [3.05, 3.63) is 45.0 Å². The first kappa shape index (κ1) is 34.6. The van der Waals surface area contributed by atoms with Crippen molar-refractivity contribution in [2.75, 3.05) is 14.2 Å². The summed E-state index contributed by atoms with van der Waals surface area (Å²) in [4.78, 5) is 56.1. The first-order chi connectivity index (χ1) is 19.5. The van der Waals surface area contributed by atoms with Crippen molar-refractivity contribution in [1.82, 2.24) is 9.97 Å². The first-order valence-electron chi connectivity index (χ1n) is 14.5. The number of H-pyrrole nitrogens is 2. The molecule has 2 heterocycles.